The first kappa shape index (κ1) is 11.9. The zero-order valence-electron chi connectivity index (χ0n) is 9.22. The van der Waals surface area contributed by atoms with Crippen LogP contribution in [0, 0.1) is 0 Å². The van der Waals surface area contributed by atoms with Gasteiger partial charge in [-0.15, -0.1) is 0 Å². The Labute approximate surface area is 90.0 Å². The fourth-order valence-corrected chi connectivity index (χ4v) is 1.38. The summed E-state index contributed by atoms with van der Waals surface area (Å²) in [4.78, 5) is 10.3. The first-order chi connectivity index (χ1) is 7.22. The number of rotatable bonds is 5. The lowest BCUT2D eigenvalue weighted by atomic mass is 10.2. The molecule has 1 aromatic heterocycles. The van der Waals surface area contributed by atoms with Gasteiger partial charge in [-0.2, -0.15) is 0 Å². The Balaban J connectivity index is 2.91. The van der Waals surface area contributed by atoms with Gasteiger partial charge in [-0.3, -0.25) is 0 Å². The number of aromatic nitrogens is 2. The van der Waals surface area contributed by atoms with Gasteiger partial charge in [-0.05, 0) is 13.8 Å². The molecule has 1 heterocycles. The third-order valence-corrected chi connectivity index (χ3v) is 2.34. The summed E-state index contributed by atoms with van der Waals surface area (Å²) in [7, 11) is 0. The second-order valence-electron chi connectivity index (χ2n) is 3.26. The van der Waals surface area contributed by atoms with E-state index < -0.39 is 6.04 Å². The highest BCUT2D eigenvalue weighted by Crippen LogP contribution is 2.13. The van der Waals surface area contributed by atoms with E-state index in [4.69, 9.17) is 10.8 Å². The van der Waals surface area contributed by atoms with Crippen LogP contribution in [-0.4, -0.2) is 34.8 Å². The van der Waals surface area contributed by atoms with Crippen molar-refractivity contribution < 1.29 is 5.11 Å². The van der Waals surface area contributed by atoms with E-state index in [1.54, 1.807) is 0 Å². The van der Waals surface area contributed by atoms with Gasteiger partial charge in [0.15, 0.2) is 0 Å². The number of aliphatic hydroxyl groups excluding tert-OH is 1. The van der Waals surface area contributed by atoms with Crippen LogP contribution in [0.15, 0.2) is 12.4 Å². The van der Waals surface area contributed by atoms with E-state index in [1.807, 2.05) is 6.07 Å². The van der Waals surface area contributed by atoms with Crippen LogP contribution >= 0.6 is 0 Å². The van der Waals surface area contributed by atoms with Gasteiger partial charge in [-0.1, -0.05) is 0 Å². The molecule has 0 bridgehead atoms. The first-order valence-electron chi connectivity index (χ1n) is 5.16. The van der Waals surface area contributed by atoms with Crippen molar-refractivity contribution >= 4 is 5.82 Å². The molecule has 15 heavy (non-hydrogen) atoms. The van der Waals surface area contributed by atoms with Crippen molar-refractivity contribution in [1.29, 1.82) is 0 Å². The van der Waals surface area contributed by atoms with E-state index in [0.717, 1.165) is 18.9 Å². The highest BCUT2D eigenvalue weighted by molar-refractivity contribution is 5.39. The number of nitrogens with zero attached hydrogens (tertiary/aromatic N) is 3. The first-order valence-corrected chi connectivity index (χ1v) is 5.16. The van der Waals surface area contributed by atoms with Gasteiger partial charge in [-0.25, -0.2) is 9.97 Å². The maximum Gasteiger partial charge on any atom is 0.132 e. The van der Waals surface area contributed by atoms with Crippen molar-refractivity contribution in [2.24, 2.45) is 5.73 Å². The average molecular weight is 210 g/mol. The molecule has 1 unspecified atom stereocenters. The second kappa shape index (κ2) is 5.63. The maximum absolute atomic E-state index is 8.93. The third kappa shape index (κ3) is 2.87. The van der Waals surface area contributed by atoms with E-state index in [-0.39, 0.29) is 6.61 Å². The lowest BCUT2D eigenvalue weighted by Crippen LogP contribution is -2.24. The summed E-state index contributed by atoms with van der Waals surface area (Å²) in [6, 6.07) is 1.40. The summed E-state index contributed by atoms with van der Waals surface area (Å²) in [5.41, 5.74) is 6.36. The highest BCUT2D eigenvalue weighted by Gasteiger charge is 2.09. The monoisotopic (exact) mass is 210 g/mol. The molecule has 0 aliphatic carbocycles. The van der Waals surface area contributed by atoms with Crippen LogP contribution in [0.1, 0.15) is 25.6 Å². The normalized spacial score (nSPS) is 12.5. The Kier molecular flexibility index (Phi) is 4.45. The molecule has 0 aliphatic heterocycles. The van der Waals surface area contributed by atoms with Crippen molar-refractivity contribution in [3.05, 3.63) is 18.1 Å². The van der Waals surface area contributed by atoms with Crippen LogP contribution in [0.2, 0.25) is 0 Å². The number of nitrogens with two attached hydrogens (primary N) is 1. The van der Waals surface area contributed by atoms with Gasteiger partial charge in [0.1, 0.15) is 12.1 Å². The Hall–Kier alpha value is -1.20. The number of hydrogen-bond donors (Lipinski definition) is 2. The Morgan fingerprint density at radius 3 is 2.60 bits per heavy atom. The second-order valence-corrected chi connectivity index (χ2v) is 3.26. The SMILES string of the molecule is CCN(CC)c1cc(C(N)CO)ncn1. The molecular weight excluding hydrogens is 192 g/mol. The molecule has 0 amide bonds. The van der Waals surface area contributed by atoms with Gasteiger partial charge in [0.05, 0.1) is 18.3 Å². The molecular formula is C10H18N4O. The number of aliphatic hydroxyl groups is 1. The highest BCUT2D eigenvalue weighted by atomic mass is 16.3. The summed E-state index contributed by atoms with van der Waals surface area (Å²) in [6.07, 6.45) is 1.48. The fourth-order valence-electron chi connectivity index (χ4n) is 1.38. The van der Waals surface area contributed by atoms with Gasteiger partial charge >= 0.3 is 0 Å². The van der Waals surface area contributed by atoms with E-state index in [1.165, 1.54) is 6.33 Å². The van der Waals surface area contributed by atoms with Gasteiger partial charge in [0, 0.05) is 19.2 Å². The zero-order valence-corrected chi connectivity index (χ0v) is 9.22. The third-order valence-electron chi connectivity index (χ3n) is 2.34. The molecule has 1 aromatic rings. The minimum absolute atomic E-state index is 0.102. The Bertz CT molecular complexity index is 301. The molecule has 0 fully saturated rings. The van der Waals surface area contributed by atoms with Crippen molar-refractivity contribution in [2.75, 3.05) is 24.6 Å². The van der Waals surface area contributed by atoms with Crippen molar-refractivity contribution in [3.63, 3.8) is 0 Å². The summed E-state index contributed by atoms with van der Waals surface area (Å²) in [6.45, 7) is 5.81. The standard InChI is InChI=1S/C10H18N4O/c1-3-14(4-2)10-5-9(8(11)6-15)12-7-13-10/h5,7-8,15H,3-4,6,11H2,1-2H3. The molecule has 0 saturated heterocycles. The molecule has 5 heteroatoms. The number of anilines is 1. The molecule has 5 nitrogen and oxygen atoms in total. The van der Waals surface area contributed by atoms with Crippen LogP contribution in [-0.2, 0) is 0 Å². The molecule has 0 saturated carbocycles. The number of hydrogen-bond acceptors (Lipinski definition) is 5. The zero-order chi connectivity index (χ0) is 11.3. The Morgan fingerprint density at radius 2 is 2.07 bits per heavy atom. The van der Waals surface area contributed by atoms with Gasteiger partial charge < -0.3 is 15.7 Å². The van der Waals surface area contributed by atoms with Crippen LogP contribution in [0.4, 0.5) is 5.82 Å². The lowest BCUT2D eigenvalue weighted by molar-refractivity contribution is 0.266. The van der Waals surface area contributed by atoms with Crippen LogP contribution in [0.3, 0.4) is 0 Å². The average Bonchev–Trinajstić information content (AvgIpc) is 2.30. The summed E-state index contributed by atoms with van der Waals surface area (Å²) in [5.74, 6) is 0.855. The van der Waals surface area contributed by atoms with Gasteiger partial charge in [0.2, 0.25) is 0 Å². The predicted octanol–water partition coefficient (Wildman–Crippen LogP) is 0.315. The summed E-state index contributed by atoms with van der Waals surface area (Å²) >= 11 is 0. The van der Waals surface area contributed by atoms with Crippen molar-refractivity contribution in [3.8, 4) is 0 Å². The van der Waals surface area contributed by atoms with E-state index in [0.29, 0.717) is 5.69 Å². The minimum Gasteiger partial charge on any atom is -0.394 e. The van der Waals surface area contributed by atoms with Crippen LogP contribution in [0.25, 0.3) is 0 Å². The van der Waals surface area contributed by atoms with Crippen molar-refractivity contribution in [2.45, 2.75) is 19.9 Å². The van der Waals surface area contributed by atoms with Crippen LogP contribution in [0.5, 0.6) is 0 Å². The smallest absolute Gasteiger partial charge is 0.132 e. The molecule has 3 N–H and O–H groups in total. The largest absolute Gasteiger partial charge is 0.394 e. The fraction of sp³-hybridized carbons (Fsp3) is 0.600. The van der Waals surface area contributed by atoms with Crippen LogP contribution < -0.4 is 10.6 Å². The molecule has 0 radical (unpaired) electrons. The van der Waals surface area contributed by atoms with E-state index >= 15 is 0 Å². The Morgan fingerprint density at radius 1 is 1.40 bits per heavy atom. The summed E-state index contributed by atoms with van der Waals surface area (Å²) < 4.78 is 0. The molecule has 1 atom stereocenters. The molecule has 84 valence electrons. The molecule has 0 spiro atoms. The van der Waals surface area contributed by atoms with Gasteiger partial charge in [0.25, 0.3) is 0 Å². The van der Waals surface area contributed by atoms with E-state index in [9.17, 15) is 0 Å². The molecule has 0 aromatic carbocycles. The van der Waals surface area contributed by atoms with E-state index in [2.05, 4.69) is 28.7 Å². The minimum atomic E-state index is -0.428. The predicted molar refractivity (Wildman–Crippen MR) is 59.6 cm³/mol. The summed E-state index contributed by atoms with van der Waals surface area (Å²) in [5, 5.41) is 8.93. The molecule has 0 aliphatic rings. The lowest BCUT2D eigenvalue weighted by Gasteiger charge is -2.20. The maximum atomic E-state index is 8.93. The molecule has 1 rings (SSSR count). The topological polar surface area (TPSA) is 75.3 Å². The quantitative estimate of drug-likeness (QED) is 0.731. The van der Waals surface area contributed by atoms with Crippen molar-refractivity contribution in [1.82, 2.24) is 9.97 Å².